The van der Waals surface area contributed by atoms with Gasteiger partial charge < -0.3 is 4.42 Å². The first-order chi connectivity index (χ1) is 9.29. The Hall–Kier alpha value is -1.88. The van der Waals surface area contributed by atoms with E-state index >= 15 is 0 Å². The average Bonchev–Trinajstić information content (AvgIpc) is 2.85. The fourth-order valence-electron chi connectivity index (χ4n) is 2.05. The first kappa shape index (κ1) is 12.2. The van der Waals surface area contributed by atoms with Gasteiger partial charge in [-0.1, -0.05) is 29.8 Å². The first-order valence-electron chi connectivity index (χ1n) is 5.84. The van der Waals surface area contributed by atoms with E-state index in [1.165, 1.54) is 0 Å². The van der Waals surface area contributed by atoms with Gasteiger partial charge in [-0.2, -0.15) is 0 Å². The molecule has 0 aliphatic carbocycles. The van der Waals surface area contributed by atoms with E-state index in [9.17, 15) is 0 Å². The molecule has 0 aliphatic heterocycles. The molecule has 2 heterocycles. The number of furan rings is 1. The molecule has 2 aromatic heterocycles. The number of nitrogens with zero attached hydrogens (tertiary/aromatic N) is 1. The number of hydrazine groups is 1. The Morgan fingerprint density at radius 2 is 2.05 bits per heavy atom. The number of nitrogens with one attached hydrogen (secondary N) is 1. The van der Waals surface area contributed by atoms with Crippen molar-refractivity contribution in [2.45, 2.75) is 6.04 Å². The molecule has 0 bridgehead atoms. The van der Waals surface area contributed by atoms with Crippen molar-refractivity contribution in [2.75, 3.05) is 0 Å². The molecule has 1 atom stereocenters. The number of hydrogen-bond acceptors (Lipinski definition) is 4. The van der Waals surface area contributed by atoms with Crippen LogP contribution in [0.2, 0.25) is 5.02 Å². The molecule has 0 radical (unpaired) electrons. The van der Waals surface area contributed by atoms with Crippen LogP contribution in [0.3, 0.4) is 0 Å². The van der Waals surface area contributed by atoms with E-state index in [2.05, 4.69) is 10.4 Å². The molecule has 4 nitrogen and oxygen atoms in total. The number of nitrogens with two attached hydrogens (primary N) is 1. The van der Waals surface area contributed by atoms with E-state index in [4.69, 9.17) is 21.9 Å². The Morgan fingerprint density at radius 3 is 2.79 bits per heavy atom. The van der Waals surface area contributed by atoms with Crippen molar-refractivity contribution in [3.8, 4) is 0 Å². The first-order valence-corrected chi connectivity index (χ1v) is 6.22. The lowest BCUT2D eigenvalue weighted by Gasteiger charge is -2.13. The van der Waals surface area contributed by atoms with Gasteiger partial charge in [-0.3, -0.25) is 10.8 Å². The lowest BCUT2D eigenvalue weighted by molar-refractivity contribution is 0.471. The lowest BCUT2D eigenvalue weighted by Crippen LogP contribution is -2.29. The van der Waals surface area contributed by atoms with Crippen molar-refractivity contribution < 1.29 is 4.42 Å². The quantitative estimate of drug-likeness (QED) is 0.569. The summed E-state index contributed by atoms with van der Waals surface area (Å²) >= 11 is 6.15. The summed E-state index contributed by atoms with van der Waals surface area (Å²) in [7, 11) is 0. The summed E-state index contributed by atoms with van der Waals surface area (Å²) in [5, 5.41) is 1.57. The summed E-state index contributed by atoms with van der Waals surface area (Å²) in [5.41, 5.74) is 4.15. The van der Waals surface area contributed by atoms with Gasteiger partial charge in [-0.05, 0) is 24.3 Å². The third-order valence-electron chi connectivity index (χ3n) is 2.96. The van der Waals surface area contributed by atoms with E-state index in [1.807, 2.05) is 30.3 Å². The molecule has 0 saturated heterocycles. The molecular formula is C14H12ClN3O. The maximum absolute atomic E-state index is 6.15. The molecule has 3 aromatic rings. The van der Waals surface area contributed by atoms with E-state index in [1.54, 1.807) is 18.3 Å². The zero-order valence-electron chi connectivity index (χ0n) is 10.0. The number of pyridine rings is 1. The van der Waals surface area contributed by atoms with Gasteiger partial charge in [0.05, 0.1) is 10.7 Å². The van der Waals surface area contributed by atoms with Gasteiger partial charge in [0.1, 0.15) is 17.4 Å². The second-order valence-corrected chi connectivity index (χ2v) is 4.56. The second-order valence-electron chi connectivity index (χ2n) is 4.16. The Morgan fingerprint density at radius 1 is 1.21 bits per heavy atom. The third kappa shape index (κ3) is 2.21. The van der Waals surface area contributed by atoms with Crippen molar-refractivity contribution in [2.24, 2.45) is 5.84 Å². The molecule has 0 saturated carbocycles. The van der Waals surface area contributed by atoms with Gasteiger partial charge in [-0.15, -0.1) is 0 Å². The van der Waals surface area contributed by atoms with Crippen LogP contribution in [0, 0.1) is 0 Å². The molecule has 0 amide bonds. The maximum atomic E-state index is 6.15. The van der Waals surface area contributed by atoms with Crippen molar-refractivity contribution in [3.63, 3.8) is 0 Å². The monoisotopic (exact) mass is 273 g/mol. The molecule has 1 unspecified atom stereocenters. The third-order valence-corrected chi connectivity index (χ3v) is 3.28. The molecule has 0 aliphatic rings. The standard InChI is InChI=1S/C14H12ClN3O/c15-10-5-3-7-17-13(10)14(18-16)12-8-9-4-1-2-6-11(9)19-12/h1-8,14,18H,16H2. The van der Waals surface area contributed by atoms with Gasteiger partial charge in [0.15, 0.2) is 0 Å². The number of para-hydroxylation sites is 1. The molecule has 0 spiro atoms. The van der Waals surface area contributed by atoms with Crippen molar-refractivity contribution >= 4 is 22.6 Å². The predicted octanol–water partition coefficient (Wildman–Crippen LogP) is 3.03. The van der Waals surface area contributed by atoms with Crippen molar-refractivity contribution in [1.82, 2.24) is 10.4 Å². The van der Waals surface area contributed by atoms with Gasteiger partial charge in [0.2, 0.25) is 0 Å². The van der Waals surface area contributed by atoms with Crippen LogP contribution in [0.25, 0.3) is 11.0 Å². The van der Waals surface area contributed by atoms with Crippen LogP contribution in [-0.2, 0) is 0 Å². The fourth-order valence-corrected chi connectivity index (χ4v) is 2.28. The van der Waals surface area contributed by atoms with Crippen LogP contribution in [0.4, 0.5) is 0 Å². The van der Waals surface area contributed by atoms with Gasteiger partial charge >= 0.3 is 0 Å². The van der Waals surface area contributed by atoms with E-state index in [0.29, 0.717) is 16.5 Å². The summed E-state index contributed by atoms with van der Waals surface area (Å²) in [4.78, 5) is 4.26. The van der Waals surface area contributed by atoms with Crippen LogP contribution >= 0.6 is 11.6 Å². The fraction of sp³-hybridized carbons (Fsp3) is 0.0714. The molecule has 1 aromatic carbocycles. The zero-order valence-corrected chi connectivity index (χ0v) is 10.8. The van der Waals surface area contributed by atoms with Crippen LogP contribution < -0.4 is 11.3 Å². The van der Waals surface area contributed by atoms with E-state index in [-0.39, 0.29) is 6.04 Å². The number of fused-ring (bicyclic) bond motifs is 1. The zero-order chi connectivity index (χ0) is 13.2. The minimum atomic E-state index is -0.374. The van der Waals surface area contributed by atoms with E-state index < -0.39 is 0 Å². The summed E-state index contributed by atoms with van der Waals surface area (Å²) in [5.74, 6) is 6.30. The predicted molar refractivity (Wildman–Crippen MR) is 74.6 cm³/mol. The highest BCUT2D eigenvalue weighted by atomic mass is 35.5. The highest BCUT2D eigenvalue weighted by Gasteiger charge is 2.20. The summed E-state index contributed by atoms with van der Waals surface area (Å²) < 4.78 is 5.79. The lowest BCUT2D eigenvalue weighted by atomic mass is 10.1. The number of rotatable bonds is 3. The molecule has 3 N–H and O–H groups in total. The topological polar surface area (TPSA) is 64.1 Å². The minimum Gasteiger partial charge on any atom is -0.459 e. The Labute approximate surface area is 115 Å². The largest absolute Gasteiger partial charge is 0.459 e. The van der Waals surface area contributed by atoms with Crippen molar-refractivity contribution in [1.29, 1.82) is 0 Å². The van der Waals surface area contributed by atoms with Crippen molar-refractivity contribution in [3.05, 3.63) is 65.1 Å². The molecule has 96 valence electrons. The number of benzene rings is 1. The van der Waals surface area contributed by atoms with Crippen LogP contribution in [0.1, 0.15) is 17.5 Å². The van der Waals surface area contributed by atoms with Crippen LogP contribution in [0.5, 0.6) is 0 Å². The van der Waals surface area contributed by atoms with Gasteiger partial charge in [0.25, 0.3) is 0 Å². The van der Waals surface area contributed by atoms with Gasteiger partial charge in [0, 0.05) is 11.6 Å². The minimum absolute atomic E-state index is 0.374. The summed E-state index contributed by atoms with van der Waals surface area (Å²) in [6.45, 7) is 0. The van der Waals surface area contributed by atoms with E-state index in [0.717, 1.165) is 11.0 Å². The normalized spacial score (nSPS) is 12.7. The Bertz CT molecular complexity index is 677. The highest BCUT2D eigenvalue weighted by Crippen LogP contribution is 2.29. The SMILES string of the molecule is NNC(c1cc2ccccc2o1)c1ncccc1Cl. The van der Waals surface area contributed by atoms with Crippen LogP contribution in [-0.4, -0.2) is 4.98 Å². The number of aromatic nitrogens is 1. The second kappa shape index (κ2) is 5.01. The van der Waals surface area contributed by atoms with Crippen LogP contribution in [0.15, 0.2) is 53.1 Å². The number of halogens is 1. The summed E-state index contributed by atoms with van der Waals surface area (Å²) in [6, 6.07) is 12.9. The highest BCUT2D eigenvalue weighted by molar-refractivity contribution is 6.31. The molecule has 3 rings (SSSR count). The maximum Gasteiger partial charge on any atom is 0.134 e. The smallest absolute Gasteiger partial charge is 0.134 e. The molecule has 5 heteroatoms. The molecular weight excluding hydrogens is 262 g/mol. The molecule has 0 fully saturated rings. The summed E-state index contributed by atoms with van der Waals surface area (Å²) in [6.07, 6.45) is 1.67. The average molecular weight is 274 g/mol. The number of hydrogen-bond donors (Lipinski definition) is 2. The molecule has 19 heavy (non-hydrogen) atoms. The Kier molecular flexibility index (Phi) is 3.21. The Balaban J connectivity index is 2.09. The van der Waals surface area contributed by atoms with Gasteiger partial charge in [-0.25, -0.2) is 5.43 Å².